The van der Waals surface area contributed by atoms with Crippen LogP contribution in [0.3, 0.4) is 0 Å². The molecule has 14 nitrogen and oxygen atoms in total. The van der Waals surface area contributed by atoms with Gasteiger partial charge in [0.2, 0.25) is 12.1 Å². The Morgan fingerprint density at radius 2 is 1.83 bits per heavy atom. The van der Waals surface area contributed by atoms with E-state index in [2.05, 4.69) is 12.7 Å². The maximum absolute atomic E-state index is 14.4. The number of aliphatic hydroxyl groups is 2. The molecule has 0 radical (unpaired) electrons. The Bertz CT molecular complexity index is 2110. The summed E-state index contributed by atoms with van der Waals surface area (Å²) in [5.41, 5.74) is 2.78. The number of allylic oxidation sites excluding steroid dienone is 1. The van der Waals surface area contributed by atoms with Crippen LogP contribution in [0, 0.1) is 33.7 Å². The fraction of sp³-hybridized carbons (Fsp3) is 0.500. The van der Waals surface area contributed by atoms with Gasteiger partial charge in [0.05, 0.1) is 42.4 Å². The van der Waals surface area contributed by atoms with Crippen molar-refractivity contribution in [3.05, 3.63) is 118 Å². The van der Waals surface area contributed by atoms with Crippen LogP contribution in [0.5, 0.6) is 17.2 Å². The summed E-state index contributed by atoms with van der Waals surface area (Å²) < 4.78 is 46.6. The van der Waals surface area contributed by atoms with Crippen LogP contribution in [0.25, 0.3) is 0 Å². The Hall–Kier alpha value is -5.35. The molecule has 2 aliphatic carbocycles. The fourth-order valence-electron chi connectivity index (χ4n) is 9.72. The van der Waals surface area contributed by atoms with Crippen molar-refractivity contribution >= 4 is 17.5 Å². The van der Waals surface area contributed by atoms with Gasteiger partial charge >= 0.3 is 6.09 Å². The number of unbranched alkanes of at least 4 members (excludes halogenated alkanes) is 2. The molecule has 7 rings (SSSR count). The molecule has 1 saturated heterocycles. The van der Waals surface area contributed by atoms with E-state index in [1.54, 1.807) is 54.3 Å². The first-order valence-corrected chi connectivity index (χ1v) is 22.2. The largest absolute Gasteiger partial charge is 0.459 e. The summed E-state index contributed by atoms with van der Waals surface area (Å²) >= 11 is 0. The van der Waals surface area contributed by atoms with Crippen molar-refractivity contribution in [2.75, 3.05) is 33.0 Å². The molecule has 7 unspecified atom stereocenters. The van der Waals surface area contributed by atoms with E-state index in [1.165, 1.54) is 24.3 Å². The number of benzene rings is 3. The Morgan fingerprint density at radius 3 is 2.54 bits per heavy atom. The Kier molecular flexibility index (Phi) is 15.5. The van der Waals surface area contributed by atoms with Gasteiger partial charge in [0.25, 0.3) is 5.69 Å². The normalized spacial score (nSPS) is 25.5. The molecule has 338 valence electrons. The van der Waals surface area contributed by atoms with Gasteiger partial charge in [-0.15, -0.1) is 6.58 Å². The monoisotopic (exact) mass is 871 g/mol. The number of non-ortho nitro benzene ring substituents is 1. The number of nitrogens with zero attached hydrogens (tertiary/aromatic N) is 3. The lowest BCUT2D eigenvalue weighted by Crippen LogP contribution is -2.70. The quantitative estimate of drug-likeness (QED) is 0.0480. The van der Waals surface area contributed by atoms with Gasteiger partial charge in [-0.1, -0.05) is 48.3 Å². The molecule has 15 heteroatoms. The number of aliphatic hydroxyl groups excluding tert-OH is 2. The Labute approximate surface area is 367 Å². The van der Waals surface area contributed by atoms with Gasteiger partial charge in [-0.05, 0) is 105 Å². The zero-order valence-electron chi connectivity index (χ0n) is 35.8. The first-order chi connectivity index (χ1) is 30.7. The van der Waals surface area contributed by atoms with E-state index < -0.39 is 40.9 Å². The Balaban J connectivity index is 1.45. The molecule has 2 heterocycles. The summed E-state index contributed by atoms with van der Waals surface area (Å²) in [5.74, 6) is -1.84. The second-order valence-electron chi connectivity index (χ2n) is 16.5. The molecule has 3 aromatic rings. The van der Waals surface area contributed by atoms with E-state index in [4.69, 9.17) is 33.7 Å². The van der Waals surface area contributed by atoms with Crippen LogP contribution in [-0.2, 0) is 25.6 Å². The zero-order chi connectivity index (χ0) is 44.3. The van der Waals surface area contributed by atoms with E-state index >= 15 is 0 Å². The van der Waals surface area contributed by atoms with Crippen molar-refractivity contribution in [3.63, 3.8) is 0 Å². The van der Waals surface area contributed by atoms with E-state index in [9.17, 15) is 29.5 Å². The molecule has 2 N–H and O–H groups in total. The van der Waals surface area contributed by atoms with Crippen LogP contribution in [0.1, 0.15) is 88.2 Å². The van der Waals surface area contributed by atoms with Crippen molar-refractivity contribution in [2.45, 2.75) is 102 Å². The number of carbonyl (C=O) groups is 1. The van der Waals surface area contributed by atoms with E-state index in [1.807, 2.05) is 6.07 Å². The van der Waals surface area contributed by atoms with E-state index in [0.717, 1.165) is 43.2 Å². The molecule has 1 saturated carbocycles. The maximum Gasteiger partial charge on any atom is 0.410 e. The topological polar surface area (TPSA) is 172 Å². The van der Waals surface area contributed by atoms with Crippen molar-refractivity contribution < 1.29 is 52.8 Å². The molecule has 0 spiro atoms. The summed E-state index contributed by atoms with van der Waals surface area (Å²) in [6, 6.07) is 16.5. The highest BCUT2D eigenvalue weighted by atomic mass is 19.1. The number of ether oxygens (including phenoxy) is 5. The molecule has 4 aliphatic rings. The zero-order valence-corrected chi connectivity index (χ0v) is 35.8. The molecule has 63 heavy (non-hydrogen) atoms. The molecular weight excluding hydrogens is 814 g/mol. The van der Waals surface area contributed by atoms with Crippen LogP contribution in [0.4, 0.5) is 14.9 Å². The van der Waals surface area contributed by atoms with Crippen molar-refractivity contribution in [2.24, 2.45) is 22.9 Å². The van der Waals surface area contributed by atoms with Gasteiger partial charge in [0, 0.05) is 50.1 Å². The lowest BCUT2D eigenvalue weighted by molar-refractivity contribution is -0.384. The third-order valence-electron chi connectivity index (χ3n) is 12.5. The van der Waals surface area contributed by atoms with E-state index in [-0.39, 0.29) is 68.6 Å². The number of nitro benzene ring substituents is 1. The number of halogens is 1. The number of oxime groups is 1. The molecule has 3 aromatic carbocycles. The van der Waals surface area contributed by atoms with Crippen LogP contribution in [-0.4, -0.2) is 83.0 Å². The van der Waals surface area contributed by atoms with Crippen LogP contribution in [0.2, 0.25) is 0 Å². The highest BCUT2D eigenvalue weighted by molar-refractivity contribution is 6.03. The minimum atomic E-state index is -1.57. The van der Waals surface area contributed by atoms with Gasteiger partial charge in [0.1, 0.15) is 29.1 Å². The van der Waals surface area contributed by atoms with Gasteiger partial charge in [0.15, 0.2) is 0 Å². The number of hydrogen-bond donors (Lipinski definition) is 2. The third-order valence-corrected chi connectivity index (χ3v) is 12.5. The minimum Gasteiger partial charge on any atom is -0.459 e. The van der Waals surface area contributed by atoms with Crippen LogP contribution >= 0.6 is 0 Å². The Morgan fingerprint density at radius 1 is 1.05 bits per heavy atom. The number of carbonyl (C=O) groups excluding carboxylic acids is 1. The van der Waals surface area contributed by atoms with Gasteiger partial charge < -0.3 is 38.7 Å². The van der Waals surface area contributed by atoms with Crippen LogP contribution < -0.4 is 9.47 Å². The number of fused-ring (bicyclic) bond motifs is 2. The predicted molar refractivity (Wildman–Crippen MR) is 232 cm³/mol. The molecule has 2 aliphatic heterocycles. The third kappa shape index (κ3) is 10.4. The second kappa shape index (κ2) is 21.3. The maximum atomic E-state index is 14.4. The fourth-order valence-corrected chi connectivity index (χ4v) is 9.72. The predicted octanol–water partition coefficient (Wildman–Crippen LogP) is 9.35. The van der Waals surface area contributed by atoms with Gasteiger partial charge in [-0.2, -0.15) is 0 Å². The molecule has 1 amide bonds. The molecular formula is C48H58FN3O11. The van der Waals surface area contributed by atoms with E-state index in [0.29, 0.717) is 55.1 Å². The number of rotatable bonds is 20. The lowest BCUT2D eigenvalue weighted by atomic mass is 9.55. The second-order valence-corrected chi connectivity index (χ2v) is 16.5. The molecule has 0 bridgehead atoms. The summed E-state index contributed by atoms with van der Waals surface area (Å²) in [5, 5.41) is 36.4. The van der Waals surface area contributed by atoms with Crippen molar-refractivity contribution in [1.82, 2.24) is 4.90 Å². The summed E-state index contributed by atoms with van der Waals surface area (Å²) in [6.45, 7) is 6.52. The smallest absolute Gasteiger partial charge is 0.410 e. The average molecular weight is 872 g/mol. The average Bonchev–Trinajstić information content (AvgIpc) is 3.29. The van der Waals surface area contributed by atoms with Crippen LogP contribution in [0.15, 0.2) is 96.2 Å². The number of hydrogen-bond acceptors (Lipinski definition) is 12. The first-order valence-electron chi connectivity index (χ1n) is 22.2. The van der Waals surface area contributed by atoms with Crippen molar-refractivity contribution in [3.8, 4) is 17.2 Å². The van der Waals surface area contributed by atoms with Crippen molar-refractivity contribution in [1.29, 1.82) is 0 Å². The highest BCUT2D eigenvalue weighted by Gasteiger charge is 2.65. The minimum absolute atomic E-state index is 0.0230. The summed E-state index contributed by atoms with van der Waals surface area (Å²) in [6.07, 6.45) is 9.48. The van der Waals surface area contributed by atoms with Gasteiger partial charge in [-0.25, -0.2) is 9.18 Å². The van der Waals surface area contributed by atoms with Gasteiger partial charge in [-0.3, -0.25) is 15.0 Å². The number of amides is 1. The highest BCUT2D eigenvalue weighted by Crippen LogP contribution is 2.62. The molecule has 7 atom stereocenters. The summed E-state index contributed by atoms with van der Waals surface area (Å²) in [7, 11) is 0. The summed E-state index contributed by atoms with van der Waals surface area (Å²) in [4.78, 5) is 33.4. The molecule has 0 aromatic heterocycles. The number of nitro groups is 1. The first kappa shape index (κ1) is 45.7. The lowest BCUT2D eigenvalue weighted by Gasteiger charge is -2.59. The molecule has 2 fully saturated rings. The SMILES string of the molecule is C=CCOC12Oc3ccc(Oc4cccc([N+](=O)[O-])c4)cc3C3C(CCCCO)C(CCCCO)C=C(C(=NOC4CCCCO4)CC1N(Cc1ccc(F)cc1)C(=O)OCC)C32. The standard InChI is InChI=1S/C48H58FN3O11/c1-3-25-60-48-43(51(47(55)58-4-2)31-32-17-19-34(49)20-18-32)30-41(50-63-44-16-7-10-26-59-44)39-27-33(12-5-8-23-53)38(15-6-9-24-54)45(46(39)48)40-29-37(21-22-42(40)62-48)61-36-14-11-13-35(28-36)52(56)57/h3,11,13-14,17-22,27-29,33,38,43-46,53-54H,1,4-10,12,15-16,23-26,30-31H2,2H3.